The summed E-state index contributed by atoms with van der Waals surface area (Å²) >= 11 is 5.87. The number of carbonyl (C=O) groups excluding carboxylic acids is 1. The Morgan fingerprint density at radius 3 is 2.59 bits per heavy atom. The molecular formula is C15H17ClN4O2. The summed E-state index contributed by atoms with van der Waals surface area (Å²) in [6.45, 7) is 3.11. The molecule has 1 aliphatic heterocycles. The van der Waals surface area contributed by atoms with Crippen LogP contribution in [0, 0.1) is 0 Å². The maximum Gasteiger partial charge on any atom is 0.318 e. The number of nitrogens with zero attached hydrogens (tertiary/aromatic N) is 3. The van der Waals surface area contributed by atoms with Gasteiger partial charge in [-0.25, -0.2) is 0 Å². The average molecular weight is 321 g/mol. The molecule has 1 aromatic carbocycles. The summed E-state index contributed by atoms with van der Waals surface area (Å²) in [4.78, 5) is 13.1. The van der Waals surface area contributed by atoms with E-state index in [0.717, 1.165) is 31.5 Å². The molecule has 1 aliphatic rings. The highest BCUT2D eigenvalue weighted by Crippen LogP contribution is 2.25. The van der Waals surface area contributed by atoms with Crippen LogP contribution in [0.4, 0.5) is 6.01 Å². The van der Waals surface area contributed by atoms with Crippen LogP contribution in [-0.2, 0) is 4.79 Å². The van der Waals surface area contributed by atoms with Gasteiger partial charge in [0.05, 0.1) is 0 Å². The minimum atomic E-state index is 0.0151. The van der Waals surface area contributed by atoms with Crippen LogP contribution in [-0.4, -0.2) is 35.2 Å². The first-order valence-corrected chi connectivity index (χ1v) is 7.61. The van der Waals surface area contributed by atoms with E-state index in [1.54, 1.807) is 19.1 Å². The highest BCUT2D eigenvalue weighted by Gasteiger charge is 2.23. The largest absolute Gasteiger partial charge is 0.403 e. The molecule has 0 bridgehead atoms. The monoisotopic (exact) mass is 320 g/mol. The molecule has 3 rings (SSSR count). The van der Waals surface area contributed by atoms with Gasteiger partial charge in [-0.1, -0.05) is 16.7 Å². The van der Waals surface area contributed by atoms with E-state index in [2.05, 4.69) is 15.5 Å². The first-order chi connectivity index (χ1) is 10.6. The van der Waals surface area contributed by atoms with Gasteiger partial charge in [0.25, 0.3) is 0 Å². The predicted octanol–water partition coefficient (Wildman–Crippen LogP) is 2.49. The molecule has 0 radical (unpaired) electrons. The number of anilines is 1. The average Bonchev–Trinajstić information content (AvgIpc) is 2.98. The highest BCUT2D eigenvalue weighted by molar-refractivity contribution is 6.30. The van der Waals surface area contributed by atoms with Crippen LogP contribution in [0.2, 0.25) is 5.02 Å². The Hall–Kier alpha value is -2.08. The van der Waals surface area contributed by atoms with E-state index in [0.29, 0.717) is 16.9 Å². The molecule has 1 saturated heterocycles. The lowest BCUT2D eigenvalue weighted by atomic mass is 10.1. The van der Waals surface area contributed by atoms with Crippen molar-refractivity contribution in [3.05, 3.63) is 29.3 Å². The Morgan fingerprint density at radius 2 is 1.95 bits per heavy atom. The van der Waals surface area contributed by atoms with Gasteiger partial charge >= 0.3 is 6.01 Å². The normalized spacial score (nSPS) is 15.8. The van der Waals surface area contributed by atoms with E-state index in [1.807, 2.05) is 17.0 Å². The van der Waals surface area contributed by atoms with Crippen molar-refractivity contribution < 1.29 is 9.21 Å². The van der Waals surface area contributed by atoms with Crippen LogP contribution in [0.5, 0.6) is 0 Å². The van der Waals surface area contributed by atoms with Crippen LogP contribution in [0.15, 0.2) is 28.7 Å². The maximum absolute atomic E-state index is 11.1. The van der Waals surface area contributed by atoms with E-state index in [9.17, 15) is 4.79 Å². The second-order valence-electron chi connectivity index (χ2n) is 5.36. The fourth-order valence-corrected chi connectivity index (χ4v) is 2.68. The molecule has 1 amide bonds. The number of benzene rings is 1. The van der Waals surface area contributed by atoms with E-state index in [1.165, 1.54) is 0 Å². The third kappa shape index (κ3) is 3.39. The molecule has 1 N–H and O–H groups in total. The predicted molar refractivity (Wildman–Crippen MR) is 83.8 cm³/mol. The van der Waals surface area contributed by atoms with Gasteiger partial charge in [0.2, 0.25) is 11.8 Å². The van der Waals surface area contributed by atoms with Crippen LogP contribution >= 0.6 is 11.6 Å². The molecule has 22 heavy (non-hydrogen) atoms. The molecule has 0 spiro atoms. The molecule has 0 unspecified atom stereocenters. The number of aromatic nitrogens is 2. The second-order valence-corrected chi connectivity index (χ2v) is 5.79. The Morgan fingerprint density at radius 1 is 1.27 bits per heavy atom. The van der Waals surface area contributed by atoms with E-state index in [4.69, 9.17) is 16.0 Å². The van der Waals surface area contributed by atoms with Crippen molar-refractivity contribution in [3.8, 4) is 11.5 Å². The molecular weight excluding hydrogens is 304 g/mol. The molecule has 0 saturated carbocycles. The zero-order chi connectivity index (χ0) is 15.5. The van der Waals surface area contributed by atoms with E-state index < -0.39 is 0 Å². The molecule has 1 fully saturated rings. The van der Waals surface area contributed by atoms with Crippen molar-refractivity contribution >= 4 is 23.5 Å². The third-order valence-electron chi connectivity index (χ3n) is 3.68. The van der Waals surface area contributed by atoms with Crippen LogP contribution in [0.1, 0.15) is 19.8 Å². The minimum Gasteiger partial charge on any atom is -0.403 e. The van der Waals surface area contributed by atoms with Crippen molar-refractivity contribution in [3.63, 3.8) is 0 Å². The molecule has 116 valence electrons. The SMILES string of the molecule is CC(=O)NC1CCN(c2nnc(-c3ccc(Cl)cc3)o2)CC1. The smallest absolute Gasteiger partial charge is 0.318 e. The van der Waals surface area contributed by atoms with Gasteiger partial charge < -0.3 is 14.6 Å². The number of nitrogens with one attached hydrogen (secondary N) is 1. The summed E-state index contributed by atoms with van der Waals surface area (Å²) in [7, 11) is 0. The third-order valence-corrected chi connectivity index (χ3v) is 3.93. The number of amides is 1. The molecule has 7 heteroatoms. The summed E-state index contributed by atoms with van der Waals surface area (Å²) in [6, 6.07) is 8.03. The van der Waals surface area contributed by atoms with Crippen LogP contribution in [0.3, 0.4) is 0 Å². The van der Waals surface area contributed by atoms with Crippen molar-refractivity contribution in [2.45, 2.75) is 25.8 Å². The van der Waals surface area contributed by atoms with Gasteiger partial charge in [0.15, 0.2) is 0 Å². The van der Waals surface area contributed by atoms with Gasteiger partial charge in [-0.3, -0.25) is 4.79 Å². The summed E-state index contributed by atoms with van der Waals surface area (Å²) in [5.74, 6) is 0.497. The molecule has 0 atom stereocenters. The fraction of sp³-hybridized carbons (Fsp3) is 0.400. The number of carbonyl (C=O) groups is 1. The lowest BCUT2D eigenvalue weighted by Gasteiger charge is -2.30. The summed E-state index contributed by atoms with van der Waals surface area (Å²) < 4.78 is 5.74. The standard InChI is InChI=1S/C15H17ClN4O2/c1-10(21)17-13-6-8-20(9-7-13)15-19-18-14(22-15)11-2-4-12(16)5-3-11/h2-5,13H,6-9H2,1H3,(H,17,21). The van der Waals surface area contributed by atoms with E-state index >= 15 is 0 Å². The summed E-state index contributed by atoms with van der Waals surface area (Å²) in [6.07, 6.45) is 1.75. The Labute approximate surface area is 133 Å². The van der Waals surface area contributed by atoms with Gasteiger partial charge in [0, 0.05) is 36.6 Å². The van der Waals surface area contributed by atoms with E-state index in [-0.39, 0.29) is 11.9 Å². The summed E-state index contributed by atoms with van der Waals surface area (Å²) in [5, 5.41) is 11.8. The van der Waals surface area contributed by atoms with Crippen molar-refractivity contribution in [2.75, 3.05) is 18.0 Å². The second kappa shape index (κ2) is 6.36. The summed E-state index contributed by atoms with van der Waals surface area (Å²) in [5.41, 5.74) is 0.844. The number of hydrogen-bond donors (Lipinski definition) is 1. The van der Waals surface area contributed by atoms with Crippen LogP contribution < -0.4 is 10.2 Å². The fourth-order valence-electron chi connectivity index (χ4n) is 2.55. The molecule has 6 nitrogen and oxygen atoms in total. The van der Waals surface area contributed by atoms with Crippen LogP contribution in [0.25, 0.3) is 11.5 Å². The van der Waals surface area contributed by atoms with Crippen molar-refractivity contribution in [2.24, 2.45) is 0 Å². The number of rotatable bonds is 3. The van der Waals surface area contributed by atoms with Gasteiger partial charge in [-0.15, -0.1) is 5.10 Å². The number of hydrogen-bond acceptors (Lipinski definition) is 5. The first kappa shape index (κ1) is 14.8. The zero-order valence-corrected chi connectivity index (χ0v) is 13.0. The lowest BCUT2D eigenvalue weighted by Crippen LogP contribution is -2.44. The zero-order valence-electron chi connectivity index (χ0n) is 12.3. The lowest BCUT2D eigenvalue weighted by molar-refractivity contribution is -0.119. The molecule has 0 aliphatic carbocycles. The minimum absolute atomic E-state index is 0.0151. The molecule has 2 aromatic rings. The Bertz CT molecular complexity index is 648. The topological polar surface area (TPSA) is 71.3 Å². The molecule has 2 heterocycles. The molecule has 1 aromatic heterocycles. The number of piperidine rings is 1. The number of halogens is 1. The maximum atomic E-state index is 11.1. The first-order valence-electron chi connectivity index (χ1n) is 7.23. The Kier molecular flexibility index (Phi) is 4.29. The van der Waals surface area contributed by atoms with Crippen molar-refractivity contribution in [1.29, 1.82) is 0 Å². The quantitative estimate of drug-likeness (QED) is 0.940. The highest BCUT2D eigenvalue weighted by atomic mass is 35.5. The van der Waals surface area contributed by atoms with Gasteiger partial charge in [-0.2, -0.15) is 0 Å². The van der Waals surface area contributed by atoms with Crippen molar-refractivity contribution in [1.82, 2.24) is 15.5 Å². The van der Waals surface area contributed by atoms with Gasteiger partial charge in [0.1, 0.15) is 0 Å². The Balaban J connectivity index is 1.65. The van der Waals surface area contributed by atoms with Gasteiger partial charge in [-0.05, 0) is 37.1 Å².